The number of nitrogens with zero attached hydrogens (tertiary/aromatic N) is 3. The smallest absolute Gasteiger partial charge is 0.340 e. The van der Waals surface area contributed by atoms with Crippen molar-refractivity contribution in [2.24, 2.45) is 0 Å². The van der Waals surface area contributed by atoms with Crippen LogP contribution in [0.4, 0.5) is 0 Å². The molecule has 0 amide bonds. The highest BCUT2D eigenvalue weighted by Crippen LogP contribution is 2.04. The predicted octanol–water partition coefficient (Wildman–Crippen LogP) is 0.135. The number of esters is 1. The van der Waals surface area contributed by atoms with Crippen molar-refractivity contribution in [2.45, 2.75) is 0 Å². The molecule has 0 saturated heterocycles. The van der Waals surface area contributed by atoms with Crippen molar-refractivity contribution in [2.75, 3.05) is 7.11 Å². The average Bonchev–Trinajstić information content (AvgIpc) is 2.16. The molecule has 1 aromatic rings. The number of hydrogen-bond donors (Lipinski definition) is 0. The van der Waals surface area contributed by atoms with E-state index in [4.69, 9.17) is 5.26 Å². The maximum atomic E-state index is 11.0. The third kappa shape index (κ3) is 1.37. The standard InChI is InChI=1S/C7H5N3O2/c1-12-7(11)6-4-10-9-3-5(6)2-8/h3-4H,1H3. The molecule has 5 heteroatoms. The molecule has 0 spiro atoms. The Labute approximate surface area is 68.6 Å². The van der Waals surface area contributed by atoms with Crippen molar-refractivity contribution in [3.05, 3.63) is 23.5 Å². The molecule has 1 rings (SSSR count). The Kier molecular flexibility index (Phi) is 2.33. The van der Waals surface area contributed by atoms with Crippen LogP contribution >= 0.6 is 0 Å². The van der Waals surface area contributed by atoms with Crippen LogP contribution < -0.4 is 0 Å². The van der Waals surface area contributed by atoms with Crippen molar-refractivity contribution in [3.8, 4) is 6.07 Å². The summed E-state index contributed by atoms with van der Waals surface area (Å²) in [6.07, 6.45) is 2.41. The fraction of sp³-hybridized carbons (Fsp3) is 0.143. The van der Waals surface area contributed by atoms with E-state index in [-0.39, 0.29) is 11.1 Å². The molecule has 0 bridgehead atoms. The van der Waals surface area contributed by atoms with Gasteiger partial charge >= 0.3 is 5.97 Å². The molecule has 1 heterocycles. The molecule has 1 aromatic heterocycles. The minimum Gasteiger partial charge on any atom is -0.465 e. The van der Waals surface area contributed by atoms with Gasteiger partial charge in [-0.2, -0.15) is 15.5 Å². The van der Waals surface area contributed by atoms with Gasteiger partial charge in [-0.25, -0.2) is 4.79 Å². The van der Waals surface area contributed by atoms with Crippen molar-refractivity contribution in [1.82, 2.24) is 10.2 Å². The summed E-state index contributed by atoms with van der Waals surface area (Å²) in [5.41, 5.74) is 0.298. The Hall–Kier alpha value is -1.96. The number of nitriles is 1. The Balaban J connectivity index is 3.16. The first-order valence-electron chi connectivity index (χ1n) is 3.08. The number of aromatic nitrogens is 2. The average molecular weight is 163 g/mol. The highest BCUT2D eigenvalue weighted by atomic mass is 16.5. The highest BCUT2D eigenvalue weighted by molar-refractivity contribution is 5.91. The lowest BCUT2D eigenvalue weighted by Crippen LogP contribution is -2.05. The molecule has 5 nitrogen and oxygen atoms in total. The summed E-state index contributed by atoms with van der Waals surface area (Å²) in [5, 5.41) is 15.5. The number of carbonyl (C=O) groups is 1. The lowest BCUT2D eigenvalue weighted by atomic mass is 10.2. The topological polar surface area (TPSA) is 75.9 Å². The van der Waals surface area contributed by atoms with Gasteiger partial charge in [-0.05, 0) is 0 Å². The summed E-state index contributed by atoms with van der Waals surface area (Å²) in [5.74, 6) is -0.582. The molecule has 0 fully saturated rings. The zero-order valence-electron chi connectivity index (χ0n) is 6.31. The van der Waals surface area contributed by atoms with E-state index < -0.39 is 5.97 Å². The Morgan fingerprint density at radius 1 is 1.58 bits per heavy atom. The molecular weight excluding hydrogens is 158 g/mol. The van der Waals surface area contributed by atoms with Crippen LogP contribution in [0.1, 0.15) is 15.9 Å². The Morgan fingerprint density at radius 2 is 2.25 bits per heavy atom. The van der Waals surface area contributed by atoms with E-state index in [1.807, 2.05) is 6.07 Å². The number of rotatable bonds is 1. The van der Waals surface area contributed by atoms with Crippen LogP contribution in [0.2, 0.25) is 0 Å². The van der Waals surface area contributed by atoms with Crippen molar-refractivity contribution in [3.63, 3.8) is 0 Å². The predicted molar refractivity (Wildman–Crippen MR) is 38.1 cm³/mol. The quantitative estimate of drug-likeness (QED) is 0.550. The highest BCUT2D eigenvalue weighted by Gasteiger charge is 2.11. The first kappa shape index (κ1) is 8.14. The van der Waals surface area contributed by atoms with E-state index in [1.54, 1.807) is 0 Å². The molecule has 12 heavy (non-hydrogen) atoms. The van der Waals surface area contributed by atoms with E-state index in [0.717, 1.165) is 0 Å². The van der Waals surface area contributed by atoms with Gasteiger partial charge in [0.25, 0.3) is 0 Å². The molecule has 0 atom stereocenters. The monoisotopic (exact) mass is 163 g/mol. The van der Waals surface area contributed by atoms with Gasteiger partial charge in [-0.1, -0.05) is 0 Å². The van der Waals surface area contributed by atoms with E-state index in [9.17, 15) is 4.79 Å². The molecule has 0 unspecified atom stereocenters. The van der Waals surface area contributed by atoms with Crippen LogP contribution in [0.15, 0.2) is 12.4 Å². The third-order valence-corrected chi connectivity index (χ3v) is 1.26. The van der Waals surface area contributed by atoms with Crippen LogP contribution in [0.5, 0.6) is 0 Å². The molecule has 0 aliphatic carbocycles. The summed E-state index contributed by atoms with van der Waals surface area (Å²) in [7, 11) is 1.24. The fourth-order valence-corrected chi connectivity index (χ4v) is 0.683. The normalized spacial score (nSPS) is 8.67. The maximum absolute atomic E-state index is 11.0. The minimum absolute atomic E-state index is 0.134. The number of methoxy groups -OCH3 is 1. The van der Waals surface area contributed by atoms with Gasteiger partial charge in [-0.3, -0.25) is 0 Å². The molecule has 60 valence electrons. The summed E-state index contributed by atoms with van der Waals surface area (Å²) in [4.78, 5) is 11.0. The van der Waals surface area contributed by atoms with E-state index in [0.29, 0.717) is 0 Å². The molecule has 0 aromatic carbocycles. The lowest BCUT2D eigenvalue weighted by molar-refractivity contribution is 0.0599. The van der Waals surface area contributed by atoms with Crippen molar-refractivity contribution >= 4 is 5.97 Å². The van der Waals surface area contributed by atoms with Crippen molar-refractivity contribution in [1.29, 1.82) is 5.26 Å². The second-order valence-corrected chi connectivity index (χ2v) is 1.92. The number of ether oxygens (including phenoxy) is 1. The van der Waals surface area contributed by atoms with E-state index in [2.05, 4.69) is 14.9 Å². The van der Waals surface area contributed by atoms with Gasteiger partial charge in [0.05, 0.1) is 30.6 Å². The Bertz CT molecular complexity index is 343. The molecule has 0 saturated carbocycles. The molecule has 0 radical (unpaired) electrons. The minimum atomic E-state index is -0.582. The van der Waals surface area contributed by atoms with Gasteiger partial charge in [0.1, 0.15) is 6.07 Å². The van der Waals surface area contributed by atoms with Crippen LogP contribution in [-0.2, 0) is 4.74 Å². The number of carbonyl (C=O) groups excluding carboxylic acids is 1. The van der Waals surface area contributed by atoms with Gasteiger partial charge in [0.2, 0.25) is 0 Å². The van der Waals surface area contributed by atoms with Crippen LogP contribution in [0.25, 0.3) is 0 Å². The van der Waals surface area contributed by atoms with Gasteiger partial charge in [-0.15, -0.1) is 0 Å². The zero-order chi connectivity index (χ0) is 8.97. The third-order valence-electron chi connectivity index (χ3n) is 1.26. The fourth-order valence-electron chi connectivity index (χ4n) is 0.683. The molecule has 0 N–H and O–H groups in total. The van der Waals surface area contributed by atoms with Crippen LogP contribution in [0.3, 0.4) is 0 Å². The van der Waals surface area contributed by atoms with Gasteiger partial charge < -0.3 is 4.74 Å². The second kappa shape index (κ2) is 3.44. The SMILES string of the molecule is COC(=O)c1cnncc1C#N. The first-order chi connectivity index (χ1) is 5.79. The summed E-state index contributed by atoms with van der Waals surface area (Å²) in [6.45, 7) is 0. The van der Waals surface area contributed by atoms with Gasteiger partial charge in [0, 0.05) is 0 Å². The van der Waals surface area contributed by atoms with Crippen LogP contribution in [0, 0.1) is 11.3 Å². The van der Waals surface area contributed by atoms with Gasteiger partial charge in [0.15, 0.2) is 0 Å². The zero-order valence-corrected chi connectivity index (χ0v) is 6.31. The summed E-state index contributed by atoms with van der Waals surface area (Å²) < 4.78 is 4.42. The van der Waals surface area contributed by atoms with Crippen molar-refractivity contribution < 1.29 is 9.53 Å². The maximum Gasteiger partial charge on any atom is 0.340 e. The molecular formula is C7H5N3O2. The molecule has 0 aliphatic rings. The van der Waals surface area contributed by atoms with E-state index in [1.165, 1.54) is 19.5 Å². The largest absolute Gasteiger partial charge is 0.465 e. The summed E-state index contributed by atoms with van der Waals surface area (Å²) in [6, 6.07) is 1.81. The Morgan fingerprint density at radius 3 is 2.83 bits per heavy atom. The lowest BCUT2D eigenvalue weighted by Gasteiger charge is -1.97. The van der Waals surface area contributed by atoms with Crippen LogP contribution in [-0.4, -0.2) is 23.3 Å². The molecule has 0 aliphatic heterocycles. The first-order valence-corrected chi connectivity index (χ1v) is 3.08. The second-order valence-electron chi connectivity index (χ2n) is 1.92. The number of hydrogen-bond acceptors (Lipinski definition) is 5. The van der Waals surface area contributed by atoms with E-state index >= 15 is 0 Å². The summed E-state index contributed by atoms with van der Waals surface area (Å²) >= 11 is 0.